The Labute approximate surface area is 276 Å². The van der Waals surface area contributed by atoms with Crippen molar-refractivity contribution in [2.45, 2.75) is 0 Å². The molecule has 6 bridgehead atoms. The molecule has 0 atom stereocenters. The van der Waals surface area contributed by atoms with Gasteiger partial charge >= 0.3 is 0 Å². The number of fused-ring (bicyclic) bond motifs is 14. The molecule has 17 nitrogen and oxygen atoms in total. The third-order valence-corrected chi connectivity index (χ3v) is 9.13. The molecule has 0 saturated heterocycles. The number of phenolic OH excluding ortho intramolecular Hbond substituents is 8. The minimum Gasteiger partial charge on any atom is -0.504 e. The first kappa shape index (κ1) is 27.5. The SMILES string of the molecule is C[N+]1=C2N=c3c4cc(O)c(O)cc4c4n3Nn3c(c5cc(O)c(O)cc5c3N=C1c1cc(O)c(O)cc12)N=C1N=C(N=4)c2cc(O)c(O)cc21. The molecule has 0 unspecified atom stereocenters. The van der Waals surface area contributed by atoms with E-state index in [4.69, 9.17) is 20.0 Å². The van der Waals surface area contributed by atoms with Gasteiger partial charge in [0.25, 0.3) is 11.7 Å². The Balaban J connectivity index is 1.49. The van der Waals surface area contributed by atoms with Gasteiger partial charge in [-0.3, -0.25) is 0 Å². The molecule has 2 aromatic heterocycles. The first-order chi connectivity index (χ1) is 24.0. The zero-order chi connectivity index (χ0) is 34.5. The van der Waals surface area contributed by atoms with Crippen molar-refractivity contribution >= 4 is 56.5 Å². The zero-order valence-corrected chi connectivity index (χ0v) is 25.3. The third-order valence-electron chi connectivity index (χ3n) is 9.13. The van der Waals surface area contributed by atoms with Crippen LogP contribution in [0.25, 0.3) is 21.5 Å². The first-order valence-electron chi connectivity index (χ1n) is 14.9. The minimum absolute atomic E-state index is 0.0735. The summed E-state index contributed by atoms with van der Waals surface area (Å²) >= 11 is 0. The summed E-state index contributed by atoms with van der Waals surface area (Å²) in [5.74, 6) is -2.50. The molecule has 50 heavy (non-hydrogen) atoms. The molecule has 4 aliphatic rings. The van der Waals surface area contributed by atoms with Crippen LogP contribution in [-0.4, -0.2) is 85.2 Å². The maximum absolute atomic E-state index is 10.7. The van der Waals surface area contributed by atoms with Crippen LogP contribution in [-0.2, 0) is 0 Å². The van der Waals surface area contributed by atoms with Crippen LogP contribution < -0.4 is 16.5 Å². The average molecular weight is 671 g/mol. The molecule has 0 fully saturated rings. The van der Waals surface area contributed by atoms with E-state index in [1.807, 2.05) is 0 Å². The molecule has 4 aromatic carbocycles. The number of amidine groups is 4. The number of aromatic nitrogens is 2. The largest absolute Gasteiger partial charge is 0.504 e. The Hall–Kier alpha value is -7.56. The van der Waals surface area contributed by atoms with Gasteiger partial charge in [0.2, 0.25) is 11.3 Å². The standard InChI is InChI=1S/C33H19N9O8/c1-40-28-12-4-20(45)21(46)5-13(12)29(40)38-33-17-9-25(50)23(48)7-15(17)31-36-27-11-3-19(44)18(43)2-10(11)26(34-27)35-30-14-6-22(47)24(49)8-16(14)32(37-28)41(30)39-42(31)33/h2-9,39H,1H3,(H7,34,35,36,37,38,43,44,45,46,47,48,49,50)/p+1. The Morgan fingerprint density at radius 3 is 1.48 bits per heavy atom. The summed E-state index contributed by atoms with van der Waals surface area (Å²) in [6, 6.07) is 10.5. The van der Waals surface area contributed by atoms with Crippen molar-refractivity contribution in [1.82, 2.24) is 9.35 Å². The molecule has 0 amide bonds. The third kappa shape index (κ3) is 3.38. The van der Waals surface area contributed by atoms with E-state index in [0.29, 0.717) is 43.8 Å². The van der Waals surface area contributed by atoms with Crippen LogP contribution in [0.1, 0.15) is 22.3 Å². The number of benzene rings is 4. The van der Waals surface area contributed by atoms with Crippen LogP contribution in [0.4, 0.5) is 11.6 Å². The number of aliphatic imine (C=N–C) groups is 3. The molecule has 244 valence electrons. The summed E-state index contributed by atoms with van der Waals surface area (Å²) in [5, 5.41) is 86.0. The van der Waals surface area contributed by atoms with Crippen molar-refractivity contribution in [3.05, 3.63) is 81.8 Å². The summed E-state index contributed by atoms with van der Waals surface area (Å²) in [6.45, 7) is 0. The van der Waals surface area contributed by atoms with Crippen molar-refractivity contribution in [3.63, 3.8) is 0 Å². The smallest absolute Gasteiger partial charge is 0.273 e. The molecule has 0 spiro atoms. The lowest BCUT2D eigenvalue weighted by Crippen LogP contribution is -2.39. The number of hydrogen-bond donors (Lipinski definition) is 9. The van der Waals surface area contributed by atoms with Crippen molar-refractivity contribution < 1.29 is 45.4 Å². The Bertz CT molecular complexity index is 2950. The van der Waals surface area contributed by atoms with Gasteiger partial charge in [0, 0.05) is 21.9 Å². The van der Waals surface area contributed by atoms with Gasteiger partial charge in [0.1, 0.15) is 0 Å². The van der Waals surface area contributed by atoms with Gasteiger partial charge in [-0.15, -0.1) is 0 Å². The molecular formula is C33H20N9O8+. The van der Waals surface area contributed by atoms with Crippen LogP contribution in [0.3, 0.4) is 0 Å². The molecular weight excluding hydrogens is 650 g/mol. The second-order valence-electron chi connectivity index (χ2n) is 12.0. The van der Waals surface area contributed by atoms with Gasteiger partial charge in [-0.05, 0) is 48.5 Å². The molecule has 4 aliphatic heterocycles. The lowest BCUT2D eigenvalue weighted by molar-refractivity contribution is -0.367. The van der Waals surface area contributed by atoms with Crippen LogP contribution >= 0.6 is 0 Å². The van der Waals surface area contributed by atoms with Gasteiger partial charge in [-0.1, -0.05) is 9.98 Å². The van der Waals surface area contributed by atoms with Crippen LogP contribution in [0, 0.1) is 0 Å². The minimum atomic E-state index is -0.450. The lowest BCUT2D eigenvalue weighted by Gasteiger charge is -2.13. The number of nitrogens with zero attached hydrogens (tertiary/aromatic N) is 8. The second kappa shape index (κ2) is 8.86. The van der Waals surface area contributed by atoms with Crippen molar-refractivity contribution in [2.75, 3.05) is 12.6 Å². The summed E-state index contributed by atoms with van der Waals surface area (Å²) in [5.41, 5.74) is 4.93. The zero-order valence-electron chi connectivity index (χ0n) is 25.3. The number of phenols is 8. The summed E-state index contributed by atoms with van der Waals surface area (Å²) in [6.07, 6.45) is 0. The lowest BCUT2D eigenvalue weighted by atomic mass is 10.1. The van der Waals surface area contributed by atoms with Gasteiger partial charge < -0.3 is 40.9 Å². The summed E-state index contributed by atoms with van der Waals surface area (Å²) in [4.78, 5) is 24.4. The van der Waals surface area contributed by atoms with Crippen LogP contribution in [0.5, 0.6) is 46.0 Å². The summed E-state index contributed by atoms with van der Waals surface area (Å²) < 4.78 is 4.51. The highest BCUT2D eigenvalue weighted by molar-refractivity contribution is 6.24. The fourth-order valence-corrected chi connectivity index (χ4v) is 6.72. The van der Waals surface area contributed by atoms with Gasteiger partial charge in [-0.25, -0.2) is 25.1 Å². The van der Waals surface area contributed by atoms with Crippen molar-refractivity contribution in [3.8, 4) is 46.0 Å². The normalized spacial score (nSPS) is 15.1. The quantitative estimate of drug-likeness (QED) is 0.0844. The van der Waals surface area contributed by atoms with E-state index >= 15 is 0 Å². The number of nitrogens with one attached hydrogen (secondary N) is 1. The maximum Gasteiger partial charge on any atom is 0.273 e. The highest BCUT2D eigenvalue weighted by Crippen LogP contribution is 2.45. The molecule has 17 heteroatoms. The van der Waals surface area contributed by atoms with Gasteiger partial charge in [0.05, 0.1) is 28.9 Å². The maximum atomic E-state index is 10.7. The fourth-order valence-electron chi connectivity index (χ4n) is 6.72. The molecule has 9 N–H and O–H groups in total. The molecule has 6 heterocycles. The Kier molecular flexibility index (Phi) is 4.88. The van der Waals surface area contributed by atoms with Crippen LogP contribution in [0.15, 0.2) is 73.5 Å². The van der Waals surface area contributed by atoms with Crippen molar-refractivity contribution in [2.24, 2.45) is 25.0 Å². The molecule has 6 aromatic rings. The molecule has 0 aliphatic carbocycles. The van der Waals surface area contributed by atoms with Crippen LogP contribution in [0.2, 0.25) is 0 Å². The van der Waals surface area contributed by atoms with E-state index < -0.39 is 46.0 Å². The monoisotopic (exact) mass is 670 g/mol. The Morgan fingerprint density at radius 1 is 0.460 bits per heavy atom. The topological polar surface area (TPSA) is 249 Å². The van der Waals surface area contributed by atoms with E-state index in [-0.39, 0.29) is 46.0 Å². The predicted molar refractivity (Wildman–Crippen MR) is 176 cm³/mol. The number of hydrogen-bond acceptors (Lipinski definition) is 14. The fraction of sp³-hybridized carbons (Fsp3) is 0.0303. The number of aromatic hydroxyl groups is 8. The van der Waals surface area contributed by atoms with E-state index in [9.17, 15) is 40.9 Å². The summed E-state index contributed by atoms with van der Waals surface area (Å²) in [7, 11) is 1.68. The number of rotatable bonds is 0. The van der Waals surface area contributed by atoms with Gasteiger partial charge in [0.15, 0.2) is 69.0 Å². The van der Waals surface area contributed by atoms with Gasteiger partial charge in [-0.2, -0.15) is 9.35 Å². The average Bonchev–Trinajstić information content (AvgIpc) is 3.70. The molecule has 0 saturated carbocycles. The predicted octanol–water partition coefficient (Wildman–Crippen LogP) is 1.83. The highest BCUT2D eigenvalue weighted by Gasteiger charge is 2.37. The molecule has 0 radical (unpaired) electrons. The van der Waals surface area contributed by atoms with E-state index in [1.165, 1.54) is 57.9 Å². The van der Waals surface area contributed by atoms with E-state index in [0.717, 1.165) is 0 Å². The highest BCUT2D eigenvalue weighted by atomic mass is 16.3. The van der Waals surface area contributed by atoms with E-state index in [1.54, 1.807) is 11.6 Å². The molecule has 10 rings (SSSR count). The van der Waals surface area contributed by atoms with Crippen molar-refractivity contribution in [1.29, 1.82) is 0 Å². The van der Waals surface area contributed by atoms with E-state index in [2.05, 4.69) is 10.5 Å². The Morgan fingerprint density at radius 2 is 0.900 bits per heavy atom. The first-order valence-corrected chi connectivity index (χ1v) is 14.9. The second-order valence-corrected chi connectivity index (χ2v) is 12.0.